The molecule has 1 saturated heterocycles. The van der Waals surface area contributed by atoms with Crippen LogP contribution in [-0.2, 0) is 11.2 Å². The number of fused-ring (bicyclic) bond motifs is 1. The fourth-order valence-corrected chi connectivity index (χ4v) is 4.11. The number of ether oxygens (including phenoxy) is 1. The highest BCUT2D eigenvalue weighted by molar-refractivity contribution is 8.18. The molecule has 4 rings (SSSR count). The van der Waals surface area contributed by atoms with E-state index in [-0.39, 0.29) is 36.0 Å². The number of thioether (sulfide) groups is 1. The van der Waals surface area contributed by atoms with Gasteiger partial charge in [0, 0.05) is 37.5 Å². The summed E-state index contributed by atoms with van der Waals surface area (Å²) in [7, 11) is 0. The van der Waals surface area contributed by atoms with Gasteiger partial charge >= 0.3 is 0 Å². The van der Waals surface area contributed by atoms with Crippen LogP contribution in [0.4, 0.5) is 4.79 Å². The quantitative estimate of drug-likeness (QED) is 0.309. The zero-order valence-electron chi connectivity index (χ0n) is 17.3. The number of hydrogen-bond acceptors (Lipinski definition) is 6. The van der Waals surface area contributed by atoms with E-state index in [1.807, 2.05) is 53.3 Å². The molecular weight excluding hydrogens is 471 g/mol. The average molecular weight is 495 g/mol. The van der Waals surface area contributed by atoms with Crippen LogP contribution in [0.3, 0.4) is 0 Å². The third-order valence-corrected chi connectivity index (χ3v) is 5.73. The summed E-state index contributed by atoms with van der Waals surface area (Å²) in [5.74, 6) is 0.532. The second-order valence-electron chi connectivity index (χ2n) is 6.88. The van der Waals surface area contributed by atoms with Crippen LogP contribution in [0.25, 0.3) is 5.65 Å². The molecule has 2 amide bonds. The van der Waals surface area contributed by atoms with Crippen LogP contribution in [0.5, 0.6) is 5.75 Å². The van der Waals surface area contributed by atoms with E-state index in [2.05, 4.69) is 9.97 Å². The minimum absolute atomic E-state index is 0. The zero-order valence-corrected chi connectivity index (χ0v) is 19.7. The lowest BCUT2D eigenvalue weighted by atomic mass is 10.1. The molecule has 7 nitrogen and oxygen atoms in total. The van der Waals surface area contributed by atoms with Crippen molar-refractivity contribution in [3.8, 4) is 5.75 Å². The molecule has 0 spiro atoms. The van der Waals surface area contributed by atoms with E-state index in [1.165, 1.54) is 4.90 Å². The Morgan fingerprint density at radius 2 is 1.94 bits per heavy atom. The molecule has 4 heterocycles. The van der Waals surface area contributed by atoms with Gasteiger partial charge in [0.05, 0.1) is 11.5 Å². The third kappa shape index (κ3) is 6.25. The maximum Gasteiger partial charge on any atom is 0.293 e. The minimum atomic E-state index is -0.198. The highest BCUT2D eigenvalue weighted by atomic mass is 35.5. The fraction of sp³-hybridized carbons (Fsp3) is 0.273. The van der Waals surface area contributed by atoms with Crippen LogP contribution in [-0.4, -0.2) is 43.6 Å². The number of nitrogens with zero attached hydrogens (tertiary/aromatic N) is 4. The molecule has 0 unspecified atom stereocenters. The summed E-state index contributed by atoms with van der Waals surface area (Å²) >= 11 is 1.02. The second kappa shape index (κ2) is 12.5. The first-order valence-corrected chi connectivity index (χ1v) is 10.7. The monoisotopic (exact) mass is 494 g/mol. The van der Waals surface area contributed by atoms with E-state index in [0.29, 0.717) is 30.9 Å². The summed E-state index contributed by atoms with van der Waals surface area (Å²) in [4.78, 5) is 34.9. The topological polar surface area (TPSA) is 76.8 Å². The van der Waals surface area contributed by atoms with Gasteiger partial charge in [-0.25, -0.2) is 4.98 Å². The second-order valence-corrected chi connectivity index (χ2v) is 7.87. The Kier molecular flexibility index (Phi) is 10.0. The highest BCUT2D eigenvalue weighted by Gasteiger charge is 2.34. The lowest BCUT2D eigenvalue weighted by Gasteiger charge is -2.12. The zero-order chi connectivity index (χ0) is 20.8. The minimum Gasteiger partial charge on any atom is -0.490 e. The van der Waals surface area contributed by atoms with Crippen molar-refractivity contribution >= 4 is 53.4 Å². The molecular formula is C22H24Cl2N4O3S. The largest absolute Gasteiger partial charge is 0.490 e. The molecule has 3 aromatic rings. The molecule has 170 valence electrons. The predicted molar refractivity (Wildman–Crippen MR) is 130 cm³/mol. The molecule has 1 aliphatic rings. The molecule has 1 fully saturated rings. The van der Waals surface area contributed by atoms with Crippen molar-refractivity contribution in [3.05, 3.63) is 71.8 Å². The number of unbranched alkanes of at least 4 members (excludes halogenated alkanes) is 1. The Morgan fingerprint density at radius 3 is 2.75 bits per heavy atom. The number of pyridine rings is 2. The lowest BCUT2D eigenvalue weighted by molar-refractivity contribution is -0.122. The van der Waals surface area contributed by atoms with Crippen LogP contribution < -0.4 is 4.74 Å². The number of aromatic nitrogens is 3. The van der Waals surface area contributed by atoms with Gasteiger partial charge in [-0.05, 0) is 61.2 Å². The lowest BCUT2D eigenvalue weighted by Crippen LogP contribution is -2.29. The number of amides is 2. The van der Waals surface area contributed by atoms with Gasteiger partial charge in [0.2, 0.25) is 0 Å². The first kappa shape index (κ1) is 25.7. The Labute approximate surface area is 203 Å². The van der Waals surface area contributed by atoms with E-state index in [9.17, 15) is 9.59 Å². The fourth-order valence-electron chi connectivity index (χ4n) is 3.24. The standard InChI is InChI=1S/C22H22N4O3S.2ClH/c27-21-19(9-3-6-17-7-4-10-23-16-17)30-22(28)26(21)13-1-2-15-29-18-8-5-12-25-14-11-24-20(18)25;;/h4-5,7-12,14,16H,1-3,6,13,15H2;2*1H/b19-9+;;. The SMILES string of the molecule is Cl.Cl.O=C1S/C(=C/CCc2cccnc2)C(=O)N1CCCCOc1cccn2ccnc12. The molecule has 0 aliphatic carbocycles. The predicted octanol–water partition coefficient (Wildman–Crippen LogP) is 4.94. The smallest absolute Gasteiger partial charge is 0.293 e. The van der Waals surface area contributed by atoms with E-state index < -0.39 is 0 Å². The van der Waals surface area contributed by atoms with Gasteiger partial charge in [-0.2, -0.15) is 0 Å². The van der Waals surface area contributed by atoms with Gasteiger partial charge in [-0.15, -0.1) is 24.8 Å². The molecule has 0 aromatic carbocycles. The van der Waals surface area contributed by atoms with Crippen molar-refractivity contribution in [1.82, 2.24) is 19.3 Å². The Balaban J connectivity index is 0.00000181. The number of carbonyl (C=O) groups is 2. The third-order valence-electron chi connectivity index (χ3n) is 4.78. The number of imidazole rings is 1. The van der Waals surface area contributed by atoms with Crippen LogP contribution in [0.1, 0.15) is 24.8 Å². The molecule has 0 N–H and O–H groups in total. The number of imide groups is 1. The van der Waals surface area contributed by atoms with Gasteiger partial charge < -0.3 is 9.14 Å². The van der Waals surface area contributed by atoms with Crippen molar-refractivity contribution in [2.75, 3.05) is 13.2 Å². The summed E-state index contributed by atoms with van der Waals surface area (Å²) in [5, 5.41) is -0.198. The van der Waals surface area contributed by atoms with E-state index in [4.69, 9.17) is 4.74 Å². The summed E-state index contributed by atoms with van der Waals surface area (Å²) < 4.78 is 7.72. The van der Waals surface area contributed by atoms with Gasteiger partial charge in [0.15, 0.2) is 11.4 Å². The van der Waals surface area contributed by atoms with Gasteiger partial charge in [0.25, 0.3) is 11.1 Å². The van der Waals surface area contributed by atoms with E-state index >= 15 is 0 Å². The highest BCUT2D eigenvalue weighted by Crippen LogP contribution is 2.31. The molecule has 0 atom stereocenters. The van der Waals surface area contributed by atoms with Crippen LogP contribution in [0, 0.1) is 0 Å². The van der Waals surface area contributed by atoms with Crippen LogP contribution >= 0.6 is 36.6 Å². The van der Waals surface area contributed by atoms with Crippen LogP contribution in [0.15, 0.2) is 66.2 Å². The van der Waals surface area contributed by atoms with E-state index in [0.717, 1.165) is 41.6 Å². The van der Waals surface area contributed by atoms with Crippen molar-refractivity contribution in [2.45, 2.75) is 25.7 Å². The van der Waals surface area contributed by atoms with Crippen molar-refractivity contribution in [1.29, 1.82) is 0 Å². The maximum atomic E-state index is 12.5. The molecule has 0 radical (unpaired) electrons. The Morgan fingerprint density at radius 1 is 1.06 bits per heavy atom. The number of allylic oxidation sites excluding steroid dienone is 1. The number of aryl methyl sites for hydroxylation is 1. The molecule has 1 aliphatic heterocycles. The molecule has 10 heteroatoms. The summed E-state index contributed by atoms with van der Waals surface area (Å²) in [6, 6.07) is 7.68. The maximum absolute atomic E-state index is 12.5. The molecule has 3 aromatic heterocycles. The summed E-state index contributed by atoms with van der Waals surface area (Å²) in [5.41, 5.74) is 1.89. The Hall–Kier alpha value is -2.55. The Bertz CT molecular complexity index is 1080. The number of hydrogen-bond donors (Lipinski definition) is 0. The van der Waals surface area contributed by atoms with Gasteiger partial charge in [-0.1, -0.05) is 12.1 Å². The van der Waals surface area contributed by atoms with E-state index in [1.54, 1.807) is 12.4 Å². The first-order valence-electron chi connectivity index (χ1n) is 9.89. The summed E-state index contributed by atoms with van der Waals surface area (Å²) in [6.45, 7) is 0.908. The molecule has 0 bridgehead atoms. The normalized spacial score (nSPS) is 14.5. The average Bonchev–Trinajstić information content (AvgIpc) is 3.34. The summed E-state index contributed by atoms with van der Waals surface area (Å²) in [6.07, 6.45) is 13.8. The van der Waals surface area contributed by atoms with Crippen molar-refractivity contribution in [3.63, 3.8) is 0 Å². The molecule has 0 saturated carbocycles. The van der Waals surface area contributed by atoms with Crippen molar-refractivity contribution in [2.24, 2.45) is 0 Å². The molecule has 32 heavy (non-hydrogen) atoms. The van der Waals surface area contributed by atoms with Gasteiger partial charge in [0.1, 0.15) is 0 Å². The number of rotatable bonds is 9. The van der Waals surface area contributed by atoms with Crippen molar-refractivity contribution < 1.29 is 14.3 Å². The van der Waals surface area contributed by atoms with Gasteiger partial charge in [-0.3, -0.25) is 19.5 Å². The number of carbonyl (C=O) groups excluding carboxylic acids is 2. The van der Waals surface area contributed by atoms with Crippen LogP contribution in [0.2, 0.25) is 0 Å². The number of halogens is 2. The first-order chi connectivity index (χ1) is 14.7.